The average Bonchev–Trinajstić information content (AvgIpc) is 3.33. The van der Waals surface area contributed by atoms with Crippen LogP contribution >= 0.6 is 0 Å². The van der Waals surface area contributed by atoms with Crippen LogP contribution in [0.2, 0.25) is 0 Å². The van der Waals surface area contributed by atoms with E-state index in [0.29, 0.717) is 13.1 Å². The maximum Gasteiger partial charge on any atom is 0.237 e. The number of hydrogen-bond acceptors (Lipinski definition) is 4. The molecule has 2 aliphatic heterocycles. The lowest BCUT2D eigenvalue weighted by Gasteiger charge is -2.36. The first-order valence-electron chi connectivity index (χ1n) is 12.1. The lowest BCUT2D eigenvalue weighted by atomic mass is 9.99. The molecule has 2 aromatic heterocycles. The quantitative estimate of drug-likeness (QED) is 0.506. The Hall–Kier alpha value is -3.64. The minimum absolute atomic E-state index is 0.228. The Morgan fingerprint density at radius 3 is 2.59 bits per heavy atom. The Bertz CT molecular complexity index is 1370. The monoisotopic (exact) mass is 451 g/mol. The number of anilines is 1. The zero-order valence-electron chi connectivity index (χ0n) is 19.3. The topological polar surface area (TPSA) is 55.5 Å². The number of carbonyl (C=O) groups is 1. The van der Waals surface area contributed by atoms with Crippen molar-refractivity contribution in [3.63, 3.8) is 0 Å². The molecule has 0 aliphatic carbocycles. The van der Waals surface area contributed by atoms with Gasteiger partial charge in [-0.1, -0.05) is 42.5 Å². The fourth-order valence-electron chi connectivity index (χ4n) is 5.14. The van der Waals surface area contributed by atoms with Crippen LogP contribution in [0.1, 0.15) is 12.0 Å². The molecule has 34 heavy (non-hydrogen) atoms. The number of amides is 1. The number of fused-ring (bicyclic) bond motifs is 2. The summed E-state index contributed by atoms with van der Waals surface area (Å²) in [5.41, 5.74) is 4.79. The standard InChI is InChI=1S/C28H29N5O/c34-28(33-13-11-21(12-14-33)24-19-29-26-8-4-2-6-23(24)26)20-31-15-17-32(18-16-31)27-10-9-22-5-1-3-7-25(22)30-27/h1-11,19,29H,12-18,20H2. The van der Waals surface area contributed by atoms with Gasteiger partial charge in [-0.05, 0) is 36.3 Å². The molecule has 1 N–H and O–H groups in total. The van der Waals surface area contributed by atoms with Gasteiger partial charge in [-0.15, -0.1) is 0 Å². The number of aromatic amines is 1. The highest BCUT2D eigenvalue weighted by molar-refractivity contribution is 5.93. The summed E-state index contributed by atoms with van der Waals surface area (Å²) in [7, 11) is 0. The highest BCUT2D eigenvalue weighted by atomic mass is 16.2. The molecule has 1 amide bonds. The van der Waals surface area contributed by atoms with Crippen molar-refractivity contribution < 1.29 is 4.79 Å². The molecule has 172 valence electrons. The SMILES string of the molecule is O=C(CN1CCN(c2ccc3ccccc3n2)CC1)N1CC=C(c2c[nH]c3ccccc23)CC1. The third-order valence-corrected chi connectivity index (χ3v) is 7.14. The van der Waals surface area contributed by atoms with E-state index in [0.717, 1.165) is 56.0 Å². The Balaban J connectivity index is 1.04. The summed E-state index contributed by atoms with van der Waals surface area (Å²) in [6.07, 6.45) is 5.22. The van der Waals surface area contributed by atoms with Crippen molar-refractivity contribution in [2.45, 2.75) is 6.42 Å². The minimum Gasteiger partial charge on any atom is -0.361 e. The Kier molecular flexibility index (Phi) is 5.51. The molecule has 0 bridgehead atoms. The van der Waals surface area contributed by atoms with Crippen molar-refractivity contribution in [1.82, 2.24) is 19.8 Å². The molecule has 0 saturated carbocycles. The predicted octanol–water partition coefficient (Wildman–Crippen LogP) is 4.15. The summed E-state index contributed by atoms with van der Waals surface area (Å²) in [5.74, 6) is 1.25. The molecule has 0 unspecified atom stereocenters. The van der Waals surface area contributed by atoms with Gasteiger partial charge in [0, 0.05) is 67.3 Å². The number of benzene rings is 2. The van der Waals surface area contributed by atoms with Gasteiger partial charge in [-0.2, -0.15) is 0 Å². The van der Waals surface area contributed by atoms with Crippen molar-refractivity contribution >= 4 is 39.1 Å². The number of pyridine rings is 1. The first-order chi connectivity index (χ1) is 16.7. The molecular weight excluding hydrogens is 422 g/mol. The summed E-state index contributed by atoms with van der Waals surface area (Å²) in [6, 6.07) is 20.9. The van der Waals surface area contributed by atoms with Crippen LogP contribution in [0.25, 0.3) is 27.4 Å². The van der Waals surface area contributed by atoms with E-state index in [2.05, 4.69) is 75.6 Å². The molecule has 1 fully saturated rings. The zero-order valence-corrected chi connectivity index (χ0v) is 19.3. The van der Waals surface area contributed by atoms with E-state index in [1.165, 1.54) is 21.9 Å². The van der Waals surface area contributed by atoms with Crippen LogP contribution in [-0.4, -0.2) is 71.5 Å². The van der Waals surface area contributed by atoms with Gasteiger partial charge in [-0.3, -0.25) is 9.69 Å². The van der Waals surface area contributed by atoms with E-state index < -0.39 is 0 Å². The molecule has 6 nitrogen and oxygen atoms in total. The van der Waals surface area contributed by atoms with Crippen molar-refractivity contribution in [1.29, 1.82) is 0 Å². The van der Waals surface area contributed by atoms with Crippen molar-refractivity contribution in [2.24, 2.45) is 0 Å². The second kappa shape index (κ2) is 8.95. The number of hydrogen-bond donors (Lipinski definition) is 1. The fourth-order valence-corrected chi connectivity index (χ4v) is 5.14. The summed E-state index contributed by atoms with van der Waals surface area (Å²) < 4.78 is 0. The van der Waals surface area contributed by atoms with E-state index in [1.54, 1.807) is 0 Å². The number of para-hydroxylation sites is 2. The fraction of sp³-hybridized carbons (Fsp3) is 0.286. The molecular formula is C28H29N5O. The van der Waals surface area contributed by atoms with Crippen molar-refractivity contribution in [3.05, 3.63) is 78.5 Å². The molecule has 6 heteroatoms. The molecule has 4 aromatic rings. The third-order valence-electron chi connectivity index (χ3n) is 7.14. The number of carbonyl (C=O) groups excluding carboxylic acids is 1. The number of piperazine rings is 1. The van der Waals surface area contributed by atoms with Gasteiger partial charge < -0.3 is 14.8 Å². The molecule has 2 aliphatic rings. The molecule has 6 rings (SSSR count). The van der Waals surface area contributed by atoms with Crippen LogP contribution in [0, 0.1) is 0 Å². The van der Waals surface area contributed by atoms with E-state index >= 15 is 0 Å². The molecule has 0 atom stereocenters. The van der Waals surface area contributed by atoms with Crippen molar-refractivity contribution in [2.75, 3.05) is 50.7 Å². The normalized spacial score (nSPS) is 17.4. The van der Waals surface area contributed by atoms with Crippen LogP contribution in [0.15, 0.2) is 72.9 Å². The van der Waals surface area contributed by atoms with E-state index in [-0.39, 0.29) is 5.91 Å². The predicted molar refractivity (Wildman–Crippen MR) is 138 cm³/mol. The lowest BCUT2D eigenvalue weighted by molar-refractivity contribution is -0.132. The Labute approximate surface area is 199 Å². The summed E-state index contributed by atoms with van der Waals surface area (Å²) in [4.78, 5) is 27.8. The van der Waals surface area contributed by atoms with E-state index in [1.807, 2.05) is 17.0 Å². The van der Waals surface area contributed by atoms with E-state index in [9.17, 15) is 4.79 Å². The first kappa shape index (κ1) is 20.9. The average molecular weight is 452 g/mol. The molecule has 1 saturated heterocycles. The minimum atomic E-state index is 0.228. The Morgan fingerprint density at radius 1 is 0.912 bits per heavy atom. The van der Waals surface area contributed by atoms with Gasteiger partial charge >= 0.3 is 0 Å². The summed E-state index contributed by atoms with van der Waals surface area (Å²) in [6.45, 7) is 5.51. The smallest absolute Gasteiger partial charge is 0.237 e. The second-order valence-electron chi connectivity index (χ2n) is 9.19. The number of rotatable bonds is 4. The highest BCUT2D eigenvalue weighted by Gasteiger charge is 2.24. The molecule has 2 aromatic carbocycles. The molecule has 0 radical (unpaired) electrons. The van der Waals surface area contributed by atoms with Crippen molar-refractivity contribution in [3.8, 4) is 0 Å². The third kappa shape index (κ3) is 4.05. The van der Waals surface area contributed by atoms with Crippen LogP contribution in [0.4, 0.5) is 5.82 Å². The first-order valence-corrected chi connectivity index (χ1v) is 12.1. The second-order valence-corrected chi connectivity index (χ2v) is 9.19. The van der Waals surface area contributed by atoms with Gasteiger partial charge in [0.25, 0.3) is 0 Å². The lowest BCUT2D eigenvalue weighted by Crippen LogP contribution is -2.50. The molecule has 0 spiro atoms. The Morgan fingerprint density at radius 2 is 1.74 bits per heavy atom. The number of H-pyrrole nitrogens is 1. The largest absolute Gasteiger partial charge is 0.361 e. The summed E-state index contributed by atoms with van der Waals surface area (Å²) >= 11 is 0. The summed E-state index contributed by atoms with van der Waals surface area (Å²) in [5, 5.41) is 2.42. The maximum absolute atomic E-state index is 13.0. The van der Waals surface area contributed by atoms with Crippen LogP contribution in [-0.2, 0) is 4.79 Å². The highest BCUT2D eigenvalue weighted by Crippen LogP contribution is 2.29. The zero-order chi connectivity index (χ0) is 22.9. The van der Waals surface area contributed by atoms with E-state index in [4.69, 9.17) is 4.98 Å². The van der Waals surface area contributed by atoms with Gasteiger partial charge in [0.05, 0.1) is 12.1 Å². The number of aromatic nitrogens is 2. The van der Waals surface area contributed by atoms with Gasteiger partial charge in [0.2, 0.25) is 5.91 Å². The van der Waals surface area contributed by atoms with Crippen LogP contribution in [0.5, 0.6) is 0 Å². The van der Waals surface area contributed by atoms with Gasteiger partial charge in [0.15, 0.2) is 0 Å². The van der Waals surface area contributed by atoms with Crippen LogP contribution < -0.4 is 4.90 Å². The van der Waals surface area contributed by atoms with Crippen LogP contribution in [0.3, 0.4) is 0 Å². The molecule has 4 heterocycles. The number of nitrogens with zero attached hydrogens (tertiary/aromatic N) is 4. The number of nitrogens with one attached hydrogen (secondary N) is 1. The van der Waals surface area contributed by atoms with Gasteiger partial charge in [-0.25, -0.2) is 4.98 Å². The maximum atomic E-state index is 13.0. The van der Waals surface area contributed by atoms with Gasteiger partial charge in [0.1, 0.15) is 5.82 Å².